The molecule has 0 aliphatic heterocycles. The van der Waals surface area contributed by atoms with Crippen LogP contribution in [-0.2, 0) is 4.74 Å². The highest BCUT2D eigenvalue weighted by Crippen LogP contribution is 2.23. The van der Waals surface area contributed by atoms with Crippen LogP contribution in [-0.4, -0.2) is 27.3 Å². The molecule has 0 aliphatic rings. The largest absolute Gasteiger partial charge is 0.460 e. The Bertz CT molecular complexity index is 736. The van der Waals surface area contributed by atoms with Crippen LogP contribution in [0, 0.1) is 0 Å². The summed E-state index contributed by atoms with van der Waals surface area (Å²) in [6.07, 6.45) is 0. The summed E-state index contributed by atoms with van der Waals surface area (Å²) in [5, 5.41) is 8.22. The third-order valence-corrected chi connectivity index (χ3v) is 3.53. The standard InChI is InChI=1S/C15H13N3O2S/c1-2-20-15(19)13-16-14(11-8-9-21-10-11)18(17-13)12-6-4-3-5-7-12/h3-10H,2H2,1H3. The molecule has 0 radical (unpaired) electrons. The van der Waals surface area contributed by atoms with E-state index in [0.29, 0.717) is 12.4 Å². The molecule has 0 fully saturated rings. The van der Waals surface area contributed by atoms with Gasteiger partial charge in [0.1, 0.15) is 0 Å². The van der Waals surface area contributed by atoms with Crippen LogP contribution in [0.15, 0.2) is 47.2 Å². The maximum atomic E-state index is 11.9. The summed E-state index contributed by atoms with van der Waals surface area (Å²) >= 11 is 1.57. The van der Waals surface area contributed by atoms with Crippen molar-refractivity contribution in [1.29, 1.82) is 0 Å². The summed E-state index contributed by atoms with van der Waals surface area (Å²) in [5.74, 6) is 0.191. The molecule has 0 amide bonds. The van der Waals surface area contributed by atoms with Crippen molar-refractivity contribution in [3.05, 3.63) is 53.0 Å². The van der Waals surface area contributed by atoms with Crippen LogP contribution in [0.2, 0.25) is 0 Å². The number of thiophene rings is 1. The first-order chi connectivity index (χ1) is 10.3. The molecule has 2 aromatic heterocycles. The Morgan fingerprint density at radius 3 is 2.76 bits per heavy atom. The summed E-state index contributed by atoms with van der Waals surface area (Å²) < 4.78 is 6.64. The van der Waals surface area contributed by atoms with E-state index in [2.05, 4.69) is 10.1 Å². The van der Waals surface area contributed by atoms with E-state index in [1.165, 1.54) is 0 Å². The number of carbonyl (C=O) groups excluding carboxylic acids is 1. The van der Waals surface area contributed by atoms with Crippen LogP contribution in [0.1, 0.15) is 17.5 Å². The molecule has 0 N–H and O–H groups in total. The van der Waals surface area contributed by atoms with Gasteiger partial charge in [-0.05, 0) is 30.5 Å². The highest BCUT2D eigenvalue weighted by molar-refractivity contribution is 7.08. The number of carbonyl (C=O) groups is 1. The Labute approximate surface area is 125 Å². The number of rotatable bonds is 4. The zero-order valence-corrected chi connectivity index (χ0v) is 12.2. The number of hydrogen-bond donors (Lipinski definition) is 0. The Morgan fingerprint density at radius 2 is 2.10 bits per heavy atom. The number of ether oxygens (including phenoxy) is 1. The third kappa shape index (κ3) is 2.71. The van der Waals surface area contributed by atoms with Crippen molar-refractivity contribution in [2.24, 2.45) is 0 Å². The normalized spacial score (nSPS) is 10.5. The van der Waals surface area contributed by atoms with E-state index < -0.39 is 5.97 Å². The Hall–Kier alpha value is -2.47. The fourth-order valence-corrected chi connectivity index (χ4v) is 2.56. The van der Waals surface area contributed by atoms with E-state index in [-0.39, 0.29) is 5.82 Å². The summed E-state index contributed by atoms with van der Waals surface area (Å²) in [5.41, 5.74) is 1.77. The van der Waals surface area contributed by atoms with E-state index in [9.17, 15) is 4.79 Å². The molecule has 0 saturated heterocycles. The molecule has 0 spiro atoms. The second-order valence-corrected chi connectivity index (χ2v) is 5.02. The molecule has 2 heterocycles. The number of nitrogens with zero attached hydrogens (tertiary/aromatic N) is 3. The smallest absolute Gasteiger partial charge is 0.378 e. The van der Waals surface area contributed by atoms with Gasteiger partial charge in [-0.2, -0.15) is 11.3 Å². The second kappa shape index (κ2) is 5.88. The lowest BCUT2D eigenvalue weighted by Gasteiger charge is -2.03. The van der Waals surface area contributed by atoms with Crippen molar-refractivity contribution >= 4 is 17.3 Å². The van der Waals surface area contributed by atoms with Crippen LogP contribution < -0.4 is 0 Å². The minimum atomic E-state index is -0.510. The number of para-hydroxylation sites is 1. The molecule has 0 saturated carbocycles. The van der Waals surface area contributed by atoms with Crippen molar-refractivity contribution in [3.63, 3.8) is 0 Å². The van der Waals surface area contributed by atoms with Crippen LogP contribution >= 0.6 is 11.3 Å². The summed E-state index contributed by atoms with van der Waals surface area (Å²) in [6, 6.07) is 11.5. The zero-order valence-electron chi connectivity index (χ0n) is 11.4. The van der Waals surface area contributed by atoms with Gasteiger partial charge in [-0.1, -0.05) is 18.2 Å². The molecule has 5 nitrogen and oxygen atoms in total. The molecule has 0 aliphatic carbocycles. The first kappa shape index (κ1) is 13.5. The molecule has 6 heteroatoms. The fraction of sp³-hybridized carbons (Fsp3) is 0.133. The van der Waals surface area contributed by atoms with Crippen molar-refractivity contribution in [2.75, 3.05) is 6.61 Å². The van der Waals surface area contributed by atoms with E-state index in [0.717, 1.165) is 11.3 Å². The lowest BCUT2D eigenvalue weighted by molar-refractivity contribution is 0.0512. The van der Waals surface area contributed by atoms with E-state index in [4.69, 9.17) is 4.74 Å². The van der Waals surface area contributed by atoms with Gasteiger partial charge in [0.2, 0.25) is 0 Å². The van der Waals surface area contributed by atoms with Crippen molar-refractivity contribution in [2.45, 2.75) is 6.92 Å². The molecule has 106 valence electrons. The predicted molar refractivity (Wildman–Crippen MR) is 80.6 cm³/mol. The van der Waals surface area contributed by atoms with Gasteiger partial charge >= 0.3 is 5.97 Å². The van der Waals surface area contributed by atoms with Crippen LogP contribution in [0.3, 0.4) is 0 Å². The molecule has 0 unspecified atom stereocenters. The topological polar surface area (TPSA) is 57.0 Å². The predicted octanol–water partition coefficient (Wildman–Crippen LogP) is 3.17. The van der Waals surface area contributed by atoms with Crippen molar-refractivity contribution < 1.29 is 9.53 Å². The summed E-state index contributed by atoms with van der Waals surface area (Å²) in [7, 11) is 0. The average Bonchev–Trinajstić information content (AvgIpc) is 3.17. The third-order valence-electron chi connectivity index (χ3n) is 2.85. The van der Waals surface area contributed by atoms with Gasteiger partial charge in [0, 0.05) is 10.9 Å². The van der Waals surface area contributed by atoms with Crippen molar-refractivity contribution in [1.82, 2.24) is 14.8 Å². The lowest BCUT2D eigenvalue weighted by Crippen LogP contribution is -2.07. The molecule has 0 atom stereocenters. The van der Waals surface area contributed by atoms with Crippen molar-refractivity contribution in [3.8, 4) is 17.1 Å². The van der Waals surface area contributed by atoms with Crippen LogP contribution in [0.5, 0.6) is 0 Å². The zero-order chi connectivity index (χ0) is 14.7. The van der Waals surface area contributed by atoms with Gasteiger partial charge < -0.3 is 4.74 Å². The minimum Gasteiger partial charge on any atom is -0.460 e. The molecular weight excluding hydrogens is 286 g/mol. The van der Waals surface area contributed by atoms with Gasteiger partial charge in [-0.3, -0.25) is 0 Å². The van der Waals surface area contributed by atoms with E-state index in [1.54, 1.807) is 22.9 Å². The maximum absolute atomic E-state index is 11.9. The first-order valence-corrected chi connectivity index (χ1v) is 7.46. The number of benzene rings is 1. The van der Waals surface area contributed by atoms with E-state index >= 15 is 0 Å². The molecule has 1 aromatic carbocycles. The lowest BCUT2D eigenvalue weighted by atomic mass is 10.3. The number of aromatic nitrogens is 3. The molecule has 21 heavy (non-hydrogen) atoms. The van der Waals surface area contributed by atoms with Crippen LogP contribution in [0.25, 0.3) is 17.1 Å². The Morgan fingerprint density at radius 1 is 1.29 bits per heavy atom. The fourth-order valence-electron chi connectivity index (χ4n) is 1.92. The Kier molecular flexibility index (Phi) is 3.79. The second-order valence-electron chi connectivity index (χ2n) is 4.24. The minimum absolute atomic E-state index is 0.0712. The molecular formula is C15H13N3O2S. The van der Waals surface area contributed by atoms with Gasteiger partial charge in [0.05, 0.1) is 12.3 Å². The Balaban J connectivity index is 2.11. The molecule has 0 bridgehead atoms. The summed E-state index contributed by atoms with van der Waals surface area (Å²) in [4.78, 5) is 16.2. The monoisotopic (exact) mass is 299 g/mol. The van der Waals surface area contributed by atoms with Gasteiger partial charge in [-0.25, -0.2) is 14.5 Å². The molecule has 3 rings (SSSR count). The van der Waals surface area contributed by atoms with Crippen LogP contribution in [0.4, 0.5) is 0 Å². The summed E-state index contributed by atoms with van der Waals surface area (Å²) in [6.45, 7) is 2.05. The number of hydrogen-bond acceptors (Lipinski definition) is 5. The van der Waals surface area contributed by atoms with E-state index in [1.807, 2.05) is 47.2 Å². The maximum Gasteiger partial charge on any atom is 0.378 e. The highest BCUT2D eigenvalue weighted by Gasteiger charge is 2.19. The van der Waals surface area contributed by atoms with Gasteiger partial charge in [-0.15, -0.1) is 5.10 Å². The quantitative estimate of drug-likeness (QED) is 0.694. The highest BCUT2D eigenvalue weighted by atomic mass is 32.1. The number of esters is 1. The van der Waals surface area contributed by atoms with Gasteiger partial charge in [0.25, 0.3) is 5.82 Å². The molecule has 3 aromatic rings. The first-order valence-electron chi connectivity index (χ1n) is 6.51. The SMILES string of the molecule is CCOC(=O)c1nc(-c2ccsc2)n(-c2ccccc2)n1. The average molecular weight is 299 g/mol. The van der Waals surface area contributed by atoms with Gasteiger partial charge in [0.15, 0.2) is 5.82 Å².